The van der Waals surface area contributed by atoms with Crippen molar-refractivity contribution in [2.24, 2.45) is 0 Å². The average Bonchev–Trinajstić information content (AvgIpc) is 3.38. The number of hydrogen-bond acceptors (Lipinski definition) is 4. The van der Waals surface area contributed by atoms with Crippen LogP contribution in [0.2, 0.25) is 0 Å². The summed E-state index contributed by atoms with van der Waals surface area (Å²) in [4.78, 5) is -0.158. The van der Waals surface area contributed by atoms with Gasteiger partial charge in [-0.2, -0.15) is 4.31 Å². The second-order valence-electron chi connectivity index (χ2n) is 6.12. The first-order valence-corrected chi connectivity index (χ1v) is 11.1. The maximum absolute atomic E-state index is 13.9. The Balaban J connectivity index is 2.00. The van der Waals surface area contributed by atoms with Gasteiger partial charge in [0.05, 0.1) is 9.79 Å². The predicted octanol–water partition coefficient (Wildman–Crippen LogP) is 2.58. The van der Waals surface area contributed by atoms with Crippen LogP contribution in [-0.2, 0) is 26.4 Å². The molecule has 2 aromatic carbocycles. The summed E-state index contributed by atoms with van der Waals surface area (Å²) in [7, 11) is -7.46. The number of sulfonamides is 1. The lowest BCUT2D eigenvalue weighted by Gasteiger charge is -2.22. The molecular formula is C17H18FNO4S2. The van der Waals surface area contributed by atoms with Crippen LogP contribution in [0, 0.1) is 5.82 Å². The van der Waals surface area contributed by atoms with Crippen molar-refractivity contribution in [3.05, 3.63) is 59.9 Å². The van der Waals surface area contributed by atoms with E-state index in [1.54, 1.807) is 18.2 Å². The number of sulfone groups is 1. The van der Waals surface area contributed by atoms with E-state index in [2.05, 4.69) is 0 Å². The third-order valence-corrected chi connectivity index (χ3v) is 7.08. The SMILES string of the molecule is CS(=O)(=O)c1cccc(S(=O)(=O)N(Cc2ccccc2F)C2CC2)c1. The molecule has 0 unspecified atom stereocenters. The van der Waals surface area contributed by atoms with Gasteiger partial charge >= 0.3 is 0 Å². The fourth-order valence-electron chi connectivity index (χ4n) is 2.57. The minimum atomic E-state index is -3.93. The van der Waals surface area contributed by atoms with E-state index in [0.717, 1.165) is 12.3 Å². The highest BCUT2D eigenvalue weighted by Gasteiger charge is 2.38. The first-order chi connectivity index (χ1) is 11.7. The highest BCUT2D eigenvalue weighted by atomic mass is 32.2. The molecule has 0 spiro atoms. The molecule has 1 aliphatic carbocycles. The van der Waals surface area contributed by atoms with E-state index >= 15 is 0 Å². The number of rotatable bonds is 6. The van der Waals surface area contributed by atoms with Gasteiger partial charge in [-0.25, -0.2) is 21.2 Å². The van der Waals surface area contributed by atoms with Crippen LogP contribution in [0.3, 0.4) is 0 Å². The van der Waals surface area contributed by atoms with Gasteiger partial charge < -0.3 is 0 Å². The van der Waals surface area contributed by atoms with Crippen molar-refractivity contribution in [1.82, 2.24) is 4.31 Å². The Bertz CT molecular complexity index is 999. The van der Waals surface area contributed by atoms with Crippen molar-refractivity contribution < 1.29 is 21.2 Å². The zero-order valence-electron chi connectivity index (χ0n) is 13.6. The summed E-state index contributed by atoms with van der Waals surface area (Å²) in [6.45, 7) is -0.0806. The topological polar surface area (TPSA) is 71.5 Å². The summed E-state index contributed by atoms with van der Waals surface area (Å²) in [5.41, 5.74) is 0.289. The molecule has 0 aliphatic heterocycles. The van der Waals surface area contributed by atoms with E-state index in [1.807, 2.05) is 0 Å². The predicted molar refractivity (Wildman–Crippen MR) is 91.7 cm³/mol. The van der Waals surface area contributed by atoms with Crippen molar-refractivity contribution in [2.75, 3.05) is 6.26 Å². The van der Waals surface area contributed by atoms with Crippen molar-refractivity contribution in [3.8, 4) is 0 Å². The Morgan fingerprint density at radius 3 is 2.24 bits per heavy atom. The first kappa shape index (κ1) is 18.0. The lowest BCUT2D eigenvalue weighted by Crippen LogP contribution is -2.33. The Kier molecular flexibility index (Phi) is 4.70. The molecule has 1 saturated carbocycles. The van der Waals surface area contributed by atoms with Crippen LogP contribution in [0.15, 0.2) is 58.3 Å². The summed E-state index contributed by atoms with van der Waals surface area (Å²) in [5, 5.41) is 0. The second-order valence-corrected chi connectivity index (χ2v) is 10.0. The standard InChI is InChI=1S/C17H18FNO4S2/c1-24(20,21)15-6-4-7-16(11-15)25(22,23)19(14-9-10-14)12-13-5-2-3-8-17(13)18/h2-8,11,14H,9-10,12H2,1H3. The largest absolute Gasteiger partial charge is 0.243 e. The van der Waals surface area contributed by atoms with Gasteiger partial charge in [-0.3, -0.25) is 0 Å². The highest BCUT2D eigenvalue weighted by molar-refractivity contribution is 7.91. The minimum Gasteiger partial charge on any atom is -0.224 e. The molecule has 0 saturated heterocycles. The van der Waals surface area contributed by atoms with Crippen LogP contribution in [-0.4, -0.2) is 33.4 Å². The molecule has 0 aromatic heterocycles. The van der Waals surface area contributed by atoms with Gasteiger partial charge in [0.2, 0.25) is 10.0 Å². The van der Waals surface area contributed by atoms with Crippen molar-refractivity contribution in [3.63, 3.8) is 0 Å². The van der Waals surface area contributed by atoms with Gasteiger partial charge in [0.1, 0.15) is 5.82 Å². The zero-order valence-corrected chi connectivity index (χ0v) is 15.2. The maximum atomic E-state index is 13.9. The molecule has 8 heteroatoms. The van der Waals surface area contributed by atoms with Gasteiger partial charge in [0, 0.05) is 24.4 Å². The summed E-state index contributed by atoms with van der Waals surface area (Å²) in [6.07, 6.45) is 2.44. The molecule has 0 bridgehead atoms. The van der Waals surface area contributed by atoms with Crippen LogP contribution < -0.4 is 0 Å². The number of nitrogens with zero attached hydrogens (tertiary/aromatic N) is 1. The summed E-state index contributed by atoms with van der Waals surface area (Å²) < 4.78 is 64.6. The number of benzene rings is 2. The summed E-state index contributed by atoms with van der Waals surface area (Å²) in [5.74, 6) is -0.465. The zero-order chi connectivity index (χ0) is 18.2. The third-order valence-electron chi connectivity index (χ3n) is 4.08. The van der Waals surface area contributed by atoms with E-state index in [9.17, 15) is 21.2 Å². The fraction of sp³-hybridized carbons (Fsp3) is 0.294. The quantitative estimate of drug-likeness (QED) is 0.769. The van der Waals surface area contributed by atoms with E-state index in [0.29, 0.717) is 12.8 Å². The van der Waals surface area contributed by atoms with E-state index in [4.69, 9.17) is 0 Å². The van der Waals surface area contributed by atoms with Crippen molar-refractivity contribution in [1.29, 1.82) is 0 Å². The summed E-state index contributed by atoms with van der Waals surface area (Å²) >= 11 is 0. The molecule has 1 fully saturated rings. The van der Waals surface area contributed by atoms with Crippen LogP contribution in [0.4, 0.5) is 4.39 Å². The Morgan fingerprint density at radius 1 is 1.00 bits per heavy atom. The summed E-state index contributed by atoms with van der Waals surface area (Å²) in [6, 6.07) is 11.1. The van der Waals surface area contributed by atoms with Gasteiger partial charge in [-0.15, -0.1) is 0 Å². The highest BCUT2D eigenvalue weighted by Crippen LogP contribution is 2.34. The molecular weight excluding hydrogens is 365 g/mol. The maximum Gasteiger partial charge on any atom is 0.243 e. The van der Waals surface area contributed by atoms with E-state index in [1.165, 1.54) is 28.6 Å². The fourth-order valence-corrected chi connectivity index (χ4v) is 5.02. The normalized spacial score (nSPS) is 15.5. The van der Waals surface area contributed by atoms with Crippen LogP contribution in [0.5, 0.6) is 0 Å². The molecule has 0 heterocycles. The van der Waals surface area contributed by atoms with Crippen LogP contribution >= 0.6 is 0 Å². The molecule has 0 radical (unpaired) electrons. The lowest BCUT2D eigenvalue weighted by molar-refractivity contribution is 0.391. The van der Waals surface area contributed by atoms with Crippen LogP contribution in [0.25, 0.3) is 0 Å². The van der Waals surface area contributed by atoms with Gasteiger partial charge in [-0.1, -0.05) is 24.3 Å². The molecule has 0 N–H and O–H groups in total. The lowest BCUT2D eigenvalue weighted by atomic mass is 10.2. The molecule has 0 amide bonds. The Hall–Kier alpha value is -1.77. The Labute approximate surface area is 147 Å². The smallest absolute Gasteiger partial charge is 0.224 e. The second kappa shape index (κ2) is 6.51. The number of halogens is 1. The van der Waals surface area contributed by atoms with E-state index < -0.39 is 25.7 Å². The Morgan fingerprint density at radius 2 is 1.64 bits per heavy atom. The van der Waals surface area contributed by atoms with Gasteiger partial charge in [0.25, 0.3) is 0 Å². The molecule has 5 nitrogen and oxygen atoms in total. The third kappa shape index (κ3) is 3.91. The molecule has 3 rings (SSSR count). The molecule has 25 heavy (non-hydrogen) atoms. The van der Waals surface area contributed by atoms with Crippen molar-refractivity contribution in [2.45, 2.75) is 35.2 Å². The van der Waals surface area contributed by atoms with Gasteiger partial charge in [-0.05, 0) is 37.1 Å². The molecule has 0 atom stereocenters. The van der Waals surface area contributed by atoms with Gasteiger partial charge in [0.15, 0.2) is 9.84 Å². The minimum absolute atomic E-state index is 0.0600. The first-order valence-electron chi connectivity index (χ1n) is 7.75. The van der Waals surface area contributed by atoms with E-state index in [-0.39, 0.29) is 27.9 Å². The monoisotopic (exact) mass is 383 g/mol. The molecule has 1 aliphatic rings. The molecule has 134 valence electrons. The number of hydrogen-bond donors (Lipinski definition) is 0. The average molecular weight is 383 g/mol. The van der Waals surface area contributed by atoms with Crippen LogP contribution in [0.1, 0.15) is 18.4 Å². The van der Waals surface area contributed by atoms with Crippen molar-refractivity contribution >= 4 is 19.9 Å². The molecule has 2 aromatic rings.